The van der Waals surface area contributed by atoms with Crippen LogP contribution in [-0.2, 0) is 19.1 Å². The highest BCUT2D eigenvalue weighted by Gasteiger charge is 2.34. The van der Waals surface area contributed by atoms with E-state index < -0.39 is 36.1 Å². The molecule has 7 heteroatoms. The number of ether oxygens (including phenoxy) is 2. The van der Waals surface area contributed by atoms with E-state index in [0.717, 1.165) is 27.2 Å². The number of carbonyl (C=O) groups excluding carboxylic acids is 2. The summed E-state index contributed by atoms with van der Waals surface area (Å²) in [5.74, 6) is -2.14. The highest BCUT2D eigenvalue weighted by molar-refractivity contribution is 5.85. The monoisotopic (exact) mass is 425 g/mol. The quantitative estimate of drug-likeness (QED) is 0.702. The van der Waals surface area contributed by atoms with E-state index in [2.05, 4.69) is 0 Å². The van der Waals surface area contributed by atoms with Gasteiger partial charge in [-0.25, -0.2) is 9.59 Å². The van der Waals surface area contributed by atoms with Crippen LogP contribution in [0.1, 0.15) is 44.2 Å². The predicted molar refractivity (Wildman–Crippen MR) is 115 cm³/mol. The van der Waals surface area contributed by atoms with Crippen molar-refractivity contribution in [2.75, 3.05) is 13.7 Å². The number of likely N-dealkylation sites (N-methyl/N-ethyl adjacent to an activating group) is 1. The van der Waals surface area contributed by atoms with Crippen LogP contribution in [0.25, 0.3) is 11.1 Å². The third kappa shape index (κ3) is 5.05. The van der Waals surface area contributed by atoms with Crippen LogP contribution in [0.2, 0.25) is 0 Å². The maximum atomic E-state index is 12.6. The smallest absolute Gasteiger partial charge is 0.410 e. The van der Waals surface area contributed by atoms with Crippen LogP contribution in [0, 0.1) is 0 Å². The summed E-state index contributed by atoms with van der Waals surface area (Å²) in [7, 11) is 1.31. The molecule has 0 unspecified atom stereocenters. The number of hydrogen-bond acceptors (Lipinski definition) is 5. The molecule has 0 heterocycles. The van der Waals surface area contributed by atoms with Crippen LogP contribution in [0.4, 0.5) is 4.79 Å². The standard InChI is InChI=1S/C24H27NO6/c1-24(2,3)31-21(26)13-20(22(27)28)25(4)23(29)30-14-19-17-11-7-5-9-15(17)16-10-6-8-12-18(16)19/h5-12,19-20H,13-14H2,1-4H3,(H,27,28)/t20-/m0/s1. The maximum absolute atomic E-state index is 12.6. The van der Waals surface area contributed by atoms with Crippen molar-refractivity contribution in [2.24, 2.45) is 0 Å². The lowest BCUT2D eigenvalue weighted by Crippen LogP contribution is -2.45. The summed E-state index contributed by atoms with van der Waals surface area (Å²) in [6.45, 7) is 5.14. The number of hydrogen-bond donors (Lipinski definition) is 1. The first-order valence-corrected chi connectivity index (χ1v) is 10.1. The fraction of sp³-hybridized carbons (Fsp3) is 0.375. The molecular formula is C24H27NO6. The summed E-state index contributed by atoms with van der Waals surface area (Å²) in [5.41, 5.74) is 3.56. The fourth-order valence-corrected chi connectivity index (χ4v) is 3.75. The van der Waals surface area contributed by atoms with Gasteiger partial charge >= 0.3 is 18.0 Å². The Labute approximate surface area is 181 Å². The van der Waals surface area contributed by atoms with Crippen molar-refractivity contribution in [3.63, 3.8) is 0 Å². The lowest BCUT2D eigenvalue weighted by atomic mass is 9.98. The van der Waals surface area contributed by atoms with Gasteiger partial charge in [0.05, 0.1) is 6.42 Å². The van der Waals surface area contributed by atoms with Gasteiger partial charge in [-0.1, -0.05) is 48.5 Å². The second-order valence-corrected chi connectivity index (χ2v) is 8.56. The van der Waals surface area contributed by atoms with Crippen molar-refractivity contribution in [3.05, 3.63) is 59.7 Å². The van der Waals surface area contributed by atoms with Gasteiger partial charge in [0.15, 0.2) is 0 Å². The van der Waals surface area contributed by atoms with E-state index >= 15 is 0 Å². The van der Waals surface area contributed by atoms with Gasteiger partial charge < -0.3 is 14.6 Å². The largest absolute Gasteiger partial charge is 0.480 e. The predicted octanol–water partition coefficient (Wildman–Crippen LogP) is 4.05. The zero-order chi connectivity index (χ0) is 22.8. The molecule has 0 aromatic heterocycles. The van der Waals surface area contributed by atoms with E-state index in [4.69, 9.17) is 9.47 Å². The number of esters is 1. The Kier molecular flexibility index (Phi) is 6.34. The number of nitrogens with zero attached hydrogens (tertiary/aromatic N) is 1. The van der Waals surface area contributed by atoms with Crippen molar-refractivity contribution in [3.8, 4) is 11.1 Å². The van der Waals surface area contributed by atoms with Crippen LogP contribution in [-0.4, -0.2) is 53.3 Å². The molecule has 1 aliphatic carbocycles. The second kappa shape index (κ2) is 8.79. The van der Waals surface area contributed by atoms with E-state index in [1.165, 1.54) is 7.05 Å². The zero-order valence-corrected chi connectivity index (χ0v) is 18.1. The molecule has 2 aromatic carbocycles. The van der Waals surface area contributed by atoms with Crippen LogP contribution < -0.4 is 0 Å². The van der Waals surface area contributed by atoms with Gasteiger partial charge in [-0.2, -0.15) is 0 Å². The summed E-state index contributed by atoms with van der Waals surface area (Å²) >= 11 is 0. The molecule has 3 rings (SSSR count). The molecule has 1 N–H and O–H groups in total. The first-order valence-electron chi connectivity index (χ1n) is 10.1. The van der Waals surface area contributed by atoms with E-state index in [1.807, 2.05) is 48.5 Å². The number of aliphatic carboxylic acids is 1. The minimum Gasteiger partial charge on any atom is -0.480 e. The van der Waals surface area contributed by atoms with Crippen molar-refractivity contribution in [1.82, 2.24) is 4.90 Å². The first-order chi connectivity index (χ1) is 14.6. The Bertz CT molecular complexity index is 948. The van der Waals surface area contributed by atoms with E-state index in [9.17, 15) is 19.5 Å². The maximum Gasteiger partial charge on any atom is 0.410 e. The molecule has 7 nitrogen and oxygen atoms in total. The summed E-state index contributed by atoms with van der Waals surface area (Å²) in [4.78, 5) is 37.3. The number of carboxylic acids is 1. The molecule has 0 radical (unpaired) electrons. The van der Waals surface area contributed by atoms with Crippen molar-refractivity contribution in [1.29, 1.82) is 0 Å². The molecule has 2 aromatic rings. The van der Waals surface area contributed by atoms with Gasteiger partial charge in [-0.3, -0.25) is 9.69 Å². The zero-order valence-electron chi connectivity index (χ0n) is 18.1. The SMILES string of the molecule is CN(C(=O)OCC1c2ccccc2-c2ccccc21)[C@@H](CC(=O)OC(C)(C)C)C(=O)O. The number of amides is 1. The van der Waals surface area contributed by atoms with Gasteiger partial charge in [-0.15, -0.1) is 0 Å². The number of fused-ring (bicyclic) bond motifs is 3. The Balaban J connectivity index is 1.69. The Morgan fingerprint density at radius 1 is 1.00 bits per heavy atom. The summed E-state index contributed by atoms with van der Waals surface area (Å²) in [6.07, 6.45) is -1.27. The van der Waals surface area contributed by atoms with E-state index in [0.29, 0.717) is 0 Å². The van der Waals surface area contributed by atoms with Crippen molar-refractivity contribution >= 4 is 18.0 Å². The highest BCUT2D eigenvalue weighted by atomic mass is 16.6. The molecule has 0 saturated carbocycles. The Morgan fingerprint density at radius 2 is 1.52 bits per heavy atom. The van der Waals surface area contributed by atoms with Gasteiger partial charge in [-0.05, 0) is 43.0 Å². The summed E-state index contributed by atoms with van der Waals surface area (Å²) in [5, 5.41) is 9.52. The topological polar surface area (TPSA) is 93.1 Å². The minimum atomic E-state index is -1.38. The van der Waals surface area contributed by atoms with Crippen LogP contribution in [0.5, 0.6) is 0 Å². The number of rotatable bonds is 6. The lowest BCUT2D eigenvalue weighted by Gasteiger charge is -2.26. The molecule has 0 bridgehead atoms. The third-order valence-electron chi connectivity index (χ3n) is 5.16. The average Bonchev–Trinajstić information content (AvgIpc) is 3.02. The Morgan fingerprint density at radius 3 is 2.00 bits per heavy atom. The molecule has 0 saturated heterocycles. The van der Waals surface area contributed by atoms with Gasteiger partial charge in [0.25, 0.3) is 0 Å². The average molecular weight is 425 g/mol. The van der Waals surface area contributed by atoms with E-state index in [1.54, 1.807) is 20.8 Å². The summed E-state index contributed by atoms with van der Waals surface area (Å²) in [6, 6.07) is 14.5. The Hall–Kier alpha value is -3.35. The lowest BCUT2D eigenvalue weighted by molar-refractivity contribution is -0.159. The molecule has 1 aliphatic rings. The molecule has 1 amide bonds. The fourth-order valence-electron chi connectivity index (χ4n) is 3.75. The number of benzene rings is 2. The van der Waals surface area contributed by atoms with Crippen LogP contribution >= 0.6 is 0 Å². The van der Waals surface area contributed by atoms with Crippen molar-refractivity contribution < 1.29 is 29.0 Å². The van der Waals surface area contributed by atoms with Gasteiger partial charge in [0.2, 0.25) is 0 Å². The normalized spacial score (nSPS) is 13.7. The van der Waals surface area contributed by atoms with Crippen LogP contribution in [0.15, 0.2) is 48.5 Å². The van der Waals surface area contributed by atoms with E-state index in [-0.39, 0.29) is 12.5 Å². The minimum absolute atomic E-state index is 0.0655. The van der Waals surface area contributed by atoms with Gasteiger partial charge in [0.1, 0.15) is 18.2 Å². The highest BCUT2D eigenvalue weighted by Crippen LogP contribution is 2.44. The van der Waals surface area contributed by atoms with Crippen molar-refractivity contribution in [2.45, 2.75) is 44.8 Å². The third-order valence-corrected chi connectivity index (χ3v) is 5.16. The number of carbonyl (C=O) groups is 3. The molecule has 0 spiro atoms. The van der Waals surface area contributed by atoms with Crippen LogP contribution in [0.3, 0.4) is 0 Å². The van der Waals surface area contributed by atoms with Gasteiger partial charge in [0, 0.05) is 13.0 Å². The molecule has 1 atom stereocenters. The first kappa shape index (κ1) is 22.3. The molecule has 31 heavy (non-hydrogen) atoms. The molecule has 0 aliphatic heterocycles. The molecular weight excluding hydrogens is 398 g/mol. The molecule has 164 valence electrons. The molecule has 0 fully saturated rings. The number of carboxylic acid groups (broad SMARTS) is 1. The summed E-state index contributed by atoms with van der Waals surface area (Å²) < 4.78 is 10.7. The second-order valence-electron chi connectivity index (χ2n) is 8.56.